The van der Waals surface area contributed by atoms with E-state index in [0.29, 0.717) is 11.4 Å². The van der Waals surface area contributed by atoms with Gasteiger partial charge in [0.15, 0.2) is 0 Å². The number of ether oxygens (including phenoxy) is 1. The highest BCUT2D eigenvalue weighted by atomic mass is 16.5. The van der Waals surface area contributed by atoms with Crippen LogP contribution < -0.4 is 20.7 Å². The number of rotatable bonds is 3. The van der Waals surface area contributed by atoms with Gasteiger partial charge in [-0.3, -0.25) is 4.79 Å². The fourth-order valence-electron chi connectivity index (χ4n) is 2.35. The number of para-hydroxylation sites is 1. The number of nitrogens with one attached hydrogen (secondary N) is 3. The molecule has 1 unspecified atom stereocenters. The number of hydrogen-bond donors (Lipinski definition) is 3. The van der Waals surface area contributed by atoms with Crippen molar-refractivity contribution < 1.29 is 14.3 Å². The summed E-state index contributed by atoms with van der Waals surface area (Å²) in [6.45, 7) is 0. The monoisotopic (exact) mass is 297 g/mol. The highest BCUT2D eigenvalue weighted by Crippen LogP contribution is 2.30. The van der Waals surface area contributed by atoms with Crippen LogP contribution in [0.25, 0.3) is 0 Å². The number of carbonyl (C=O) groups excluding carboxylic acids is 2. The van der Waals surface area contributed by atoms with Gasteiger partial charge in [-0.15, -0.1) is 0 Å². The highest BCUT2D eigenvalue weighted by Gasteiger charge is 2.31. The minimum atomic E-state index is -0.693. The topological polar surface area (TPSA) is 79.5 Å². The Kier molecular flexibility index (Phi) is 3.65. The molecule has 0 aromatic heterocycles. The molecule has 0 saturated heterocycles. The summed E-state index contributed by atoms with van der Waals surface area (Å²) >= 11 is 0. The van der Waals surface area contributed by atoms with Crippen LogP contribution in [0.15, 0.2) is 48.5 Å². The van der Waals surface area contributed by atoms with Gasteiger partial charge in [0.2, 0.25) is 0 Å². The molecule has 0 spiro atoms. The van der Waals surface area contributed by atoms with Gasteiger partial charge in [0.05, 0.1) is 7.11 Å². The molecule has 6 nitrogen and oxygen atoms in total. The Morgan fingerprint density at radius 1 is 1.18 bits per heavy atom. The molecule has 3 rings (SSSR count). The Bertz CT molecular complexity index is 730. The Morgan fingerprint density at radius 3 is 2.82 bits per heavy atom. The first-order valence-corrected chi connectivity index (χ1v) is 6.79. The number of fused-ring (bicyclic) bond motifs is 1. The minimum absolute atomic E-state index is 0.248. The molecule has 2 aromatic carbocycles. The van der Waals surface area contributed by atoms with Crippen molar-refractivity contribution in [3.8, 4) is 5.75 Å². The number of hydrogen-bond acceptors (Lipinski definition) is 3. The third-order valence-corrected chi connectivity index (χ3v) is 3.39. The second-order valence-corrected chi connectivity index (χ2v) is 4.84. The standard InChI is InChI=1S/C16H15N3O3/c1-22-11-6-4-5-10(9-11)17-16(21)19-14-12-7-2-3-8-13(12)18-15(14)20/h2-9,14H,1H3,(H,18,20)(H2,17,19,21). The van der Waals surface area contributed by atoms with Crippen molar-refractivity contribution in [1.82, 2.24) is 5.32 Å². The lowest BCUT2D eigenvalue weighted by molar-refractivity contribution is -0.117. The molecule has 22 heavy (non-hydrogen) atoms. The quantitative estimate of drug-likeness (QED) is 0.814. The molecule has 0 saturated carbocycles. The fourth-order valence-corrected chi connectivity index (χ4v) is 2.35. The van der Waals surface area contributed by atoms with Crippen molar-refractivity contribution in [2.75, 3.05) is 17.7 Å². The van der Waals surface area contributed by atoms with E-state index in [4.69, 9.17) is 4.74 Å². The molecule has 3 N–H and O–H groups in total. The first kappa shape index (κ1) is 13.9. The molecule has 1 aliphatic heterocycles. The van der Waals surface area contributed by atoms with Crippen molar-refractivity contribution in [2.24, 2.45) is 0 Å². The zero-order valence-corrected chi connectivity index (χ0v) is 11.9. The molecule has 0 radical (unpaired) electrons. The summed E-state index contributed by atoms with van der Waals surface area (Å²) in [5.41, 5.74) is 2.07. The molecular formula is C16H15N3O3. The zero-order valence-electron chi connectivity index (χ0n) is 11.9. The third-order valence-electron chi connectivity index (χ3n) is 3.39. The second-order valence-electron chi connectivity index (χ2n) is 4.84. The maximum absolute atomic E-state index is 12.1. The molecule has 1 atom stereocenters. The van der Waals surface area contributed by atoms with Crippen molar-refractivity contribution in [2.45, 2.75) is 6.04 Å². The summed E-state index contributed by atoms with van der Waals surface area (Å²) in [7, 11) is 1.55. The Balaban J connectivity index is 1.71. The number of amides is 3. The van der Waals surface area contributed by atoms with Gasteiger partial charge in [0.25, 0.3) is 5.91 Å². The van der Waals surface area contributed by atoms with Gasteiger partial charge in [0, 0.05) is 23.0 Å². The summed E-state index contributed by atoms with van der Waals surface area (Å²) < 4.78 is 5.10. The van der Waals surface area contributed by atoms with Gasteiger partial charge in [-0.1, -0.05) is 24.3 Å². The van der Waals surface area contributed by atoms with Crippen LogP contribution in [0.5, 0.6) is 5.75 Å². The normalized spacial score (nSPS) is 15.7. The van der Waals surface area contributed by atoms with Gasteiger partial charge >= 0.3 is 6.03 Å². The first-order valence-electron chi connectivity index (χ1n) is 6.79. The molecule has 0 fully saturated rings. The van der Waals surface area contributed by atoms with Crippen LogP contribution in [0.1, 0.15) is 11.6 Å². The number of urea groups is 1. The van der Waals surface area contributed by atoms with Gasteiger partial charge < -0.3 is 20.7 Å². The lowest BCUT2D eigenvalue weighted by Crippen LogP contribution is -2.36. The van der Waals surface area contributed by atoms with Crippen LogP contribution in [0, 0.1) is 0 Å². The van der Waals surface area contributed by atoms with Crippen molar-refractivity contribution in [3.63, 3.8) is 0 Å². The second kappa shape index (κ2) is 5.77. The van der Waals surface area contributed by atoms with Crippen LogP contribution in [0.2, 0.25) is 0 Å². The molecule has 6 heteroatoms. The Hall–Kier alpha value is -3.02. The first-order chi connectivity index (χ1) is 10.7. The van der Waals surface area contributed by atoms with Gasteiger partial charge in [0.1, 0.15) is 11.8 Å². The predicted octanol–water partition coefficient (Wildman–Crippen LogP) is 2.51. The number of carbonyl (C=O) groups is 2. The SMILES string of the molecule is COc1cccc(NC(=O)NC2C(=O)Nc3ccccc32)c1. The highest BCUT2D eigenvalue weighted by molar-refractivity contribution is 6.05. The fraction of sp³-hybridized carbons (Fsp3) is 0.125. The lowest BCUT2D eigenvalue weighted by Gasteiger charge is -2.13. The van der Waals surface area contributed by atoms with E-state index >= 15 is 0 Å². The Morgan fingerprint density at radius 2 is 2.00 bits per heavy atom. The van der Waals surface area contributed by atoms with Crippen molar-refractivity contribution in [1.29, 1.82) is 0 Å². The number of benzene rings is 2. The molecule has 0 bridgehead atoms. The maximum Gasteiger partial charge on any atom is 0.320 e. The van der Waals surface area contributed by atoms with Gasteiger partial charge in [-0.25, -0.2) is 4.79 Å². The third kappa shape index (κ3) is 2.71. The molecule has 1 heterocycles. The molecule has 0 aliphatic carbocycles. The molecule has 112 valence electrons. The van der Waals surface area contributed by atoms with E-state index in [0.717, 1.165) is 11.3 Å². The minimum Gasteiger partial charge on any atom is -0.497 e. The average Bonchev–Trinajstić information content (AvgIpc) is 2.83. The van der Waals surface area contributed by atoms with E-state index in [9.17, 15) is 9.59 Å². The predicted molar refractivity (Wildman–Crippen MR) is 83.0 cm³/mol. The average molecular weight is 297 g/mol. The van der Waals surface area contributed by atoms with Gasteiger partial charge in [-0.05, 0) is 18.2 Å². The number of methoxy groups -OCH3 is 1. The van der Waals surface area contributed by atoms with Crippen LogP contribution in [-0.4, -0.2) is 19.0 Å². The maximum atomic E-state index is 12.1. The summed E-state index contributed by atoms with van der Waals surface area (Å²) in [4.78, 5) is 24.0. The van der Waals surface area contributed by atoms with E-state index in [1.165, 1.54) is 0 Å². The lowest BCUT2D eigenvalue weighted by atomic mass is 10.1. The molecular weight excluding hydrogens is 282 g/mol. The van der Waals surface area contributed by atoms with Crippen molar-refractivity contribution >= 4 is 23.3 Å². The zero-order chi connectivity index (χ0) is 15.5. The number of anilines is 2. The van der Waals surface area contributed by atoms with E-state index in [2.05, 4.69) is 16.0 Å². The summed E-state index contributed by atoms with van der Waals surface area (Å²) in [5.74, 6) is 0.392. The molecule has 2 aromatic rings. The smallest absolute Gasteiger partial charge is 0.320 e. The van der Waals surface area contributed by atoms with Crippen LogP contribution in [0.3, 0.4) is 0 Å². The van der Waals surface area contributed by atoms with Crippen molar-refractivity contribution in [3.05, 3.63) is 54.1 Å². The van der Waals surface area contributed by atoms with Crippen LogP contribution in [0.4, 0.5) is 16.2 Å². The Labute approximate surface area is 127 Å². The van der Waals surface area contributed by atoms with Gasteiger partial charge in [-0.2, -0.15) is 0 Å². The van der Waals surface area contributed by atoms with E-state index < -0.39 is 12.1 Å². The van der Waals surface area contributed by atoms with Crippen LogP contribution in [-0.2, 0) is 4.79 Å². The largest absolute Gasteiger partial charge is 0.497 e. The summed E-state index contributed by atoms with van der Waals surface area (Å²) in [6.07, 6.45) is 0. The van der Waals surface area contributed by atoms with E-state index in [1.807, 2.05) is 18.2 Å². The van der Waals surface area contributed by atoms with E-state index in [-0.39, 0.29) is 5.91 Å². The summed E-state index contributed by atoms with van der Waals surface area (Å²) in [5, 5.41) is 8.09. The van der Waals surface area contributed by atoms with E-state index in [1.54, 1.807) is 37.4 Å². The van der Waals surface area contributed by atoms with Crippen LogP contribution >= 0.6 is 0 Å². The molecule has 3 amide bonds. The molecule has 1 aliphatic rings. The summed E-state index contributed by atoms with van der Waals surface area (Å²) in [6, 6.07) is 13.1.